The highest BCUT2D eigenvalue weighted by Gasteiger charge is 2.31. The first-order valence-corrected chi connectivity index (χ1v) is 9.10. The molecule has 2 aromatic rings. The molecule has 1 aromatic heterocycles. The number of benzene rings is 1. The minimum Gasteiger partial charge on any atom is -0.375 e. The van der Waals surface area contributed by atoms with E-state index >= 15 is 0 Å². The van der Waals surface area contributed by atoms with Crippen LogP contribution >= 0.6 is 0 Å². The summed E-state index contributed by atoms with van der Waals surface area (Å²) >= 11 is 0. The molecular weight excluding hydrogens is 347 g/mol. The zero-order valence-electron chi connectivity index (χ0n) is 16.0. The second-order valence-corrected chi connectivity index (χ2v) is 6.90. The van der Waals surface area contributed by atoms with Crippen LogP contribution in [-0.2, 0) is 9.53 Å². The first kappa shape index (κ1) is 19.2. The molecule has 144 valence electrons. The summed E-state index contributed by atoms with van der Waals surface area (Å²) in [5, 5.41) is 0. The van der Waals surface area contributed by atoms with Crippen LogP contribution in [0.5, 0.6) is 0 Å². The van der Waals surface area contributed by atoms with Crippen molar-refractivity contribution in [3.8, 4) is 11.1 Å². The van der Waals surface area contributed by atoms with Crippen LogP contribution in [0.1, 0.15) is 31.0 Å². The molecule has 1 amide bonds. The standard InChI is InChI=1S/C20H25FN4O2/c1-24(2)20-22-12-16(14-7-9-15(21)10-8-14)19(23-20)17-6-4-5-11-25(17)18(26)13-27-3/h7-10,12,17H,4-6,11,13H2,1-3H3/t17-/m1/s1. The van der Waals surface area contributed by atoms with Gasteiger partial charge in [-0.05, 0) is 37.0 Å². The number of likely N-dealkylation sites (tertiary alicyclic amines) is 1. The number of anilines is 1. The van der Waals surface area contributed by atoms with Crippen LogP contribution < -0.4 is 4.90 Å². The molecule has 0 spiro atoms. The molecule has 0 radical (unpaired) electrons. The van der Waals surface area contributed by atoms with Crippen molar-refractivity contribution < 1.29 is 13.9 Å². The van der Waals surface area contributed by atoms with Gasteiger partial charge in [0.05, 0.1) is 11.7 Å². The van der Waals surface area contributed by atoms with Gasteiger partial charge in [-0.1, -0.05) is 12.1 Å². The van der Waals surface area contributed by atoms with Crippen LogP contribution in [0.4, 0.5) is 10.3 Å². The summed E-state index contributed by atoms with van der Waals surface area (Å²) in [6.07, 6.45) is 4.57. The predicted octanol–water partition coefficient (Wildman–Crippen LogP) is 3.05. The number of methoxy groups -OCH3 is 1. The number of amides is 1. The Labute approximate surface area is 159 Å². The Morgan fingerprint density at radius 2 is 2.04 bits per heavy atom. The molecule has 6 nitrogen and oxygen atoms in total. The van der Waals surface area contributed by atoms with E-state index in [1.54, 1.807) is 18.3 Å². The van der Waals surface area contributed by atoms with Gasteiger partial charge < -0.3 is 14.5 Å². The maximum atomic E-state index is 13.4. The van der Waals surface area contributed by atoms with Crippen molar-refractivity contribution in [3.63, 3.8) is 0 Å². The van der Waals surface area contributed by atoms with E-state index in [0.29, 0.717) is 12.5 Å². The lowest BCUT2D eigenvalue weighted by molar-refractivity contribution is -0.139. The molecule has 27 heavy (non-hydrogen) atoms. The number of rotatable bonds is 5. The Hall–Kier alpha value is -2.54. The molecule has 7 heteroatoms. The highest BCUT2D eigenvalue weighted by atomic mass is 19.1. The maximum absolute atomic E-state index is 13.4. The average molecular weight is 372 g/mol. The SMILES string of the molecule is COCC(=O)N1CCCC[C@@H]1c1nc(N(C)C)ncc1-c1ccc(F)cc1. The van der Waals surface area contributed by atoms with Crippen molar-refractivity contribution in [3.05, 3.63) is 42.0 Å². The molecule has 0 aliphatic carbocycles. The Balaban J connectivity index is 2.08. The molecule has 1 aromatic carbocycles. The fourth-order valence-electron chi connectivity index (χ4n) is 3.43. The van der Waals surface area contributed by atoms with Gasteiger partial charge in [0.2, 0.25) is 11.9 Å². The molecule has 3 rings (SSSR count). The zero-order chi connectivity index (χ0) is 19.4. The molecule has 1 aliphatic rings. The molecule has 0 N–H and O–H groups in total. The maximum Gasteiger partial charge on any atom is 0.249 e. The van der Waals surface area contributed by atoms with Gasteiger partial charge in [-0.25, -0.2) is 14.4 Å². The fraction of sp³-hybridized carbons (Fsp3) is 0.450. The Bertz CT molecular complexity index is 795. The highest BCUT2D eigenvalue weighted by molar-refractivity contribution is 5.78. The van der Waals surface area contributed by atoms with E-state index in [1.165, 1.54) is 19.2 Å². The van der Waals surface area contributed by atoms with Crippen molar-refractivity contribution in [2.24, 2.45) is 0 Å². The molecule has 1 aliphatic heterocycles. The number of nitrogens with zero attached hydrogens (tertiary/aromatic N) is 4. The van der Waals surface area contributed by atoms with Gasteiger partial charge in [0.15, 0.2) is 0 Å². The van der Waals surface area contributed by atoms with Crippen molar-refractivity contribution >= 4 is 11.9 Å². The largest absolute Gasteiger partial charge is 0.375 e. The van der Waals surface area contributed by atoms with Gasteiger partial charge in [-0.3, -0.25) is 4.79 Å². The molecule has 1 fully saturated rings. The number of halogens is 1. The molecule has 0 saturated carbocycles. The summed E-state index contributed by atoms with van der Waals surface area (Å²) in [6, 6.07) is 6.14. The summed E-state index contributed by atoms with van der Waals surface area (Å²) in [5.41, 5.74) is 2.45. The van der Waals surface area contributed by atoms with E-state index < -0.39 is 0 Å². The average Bonchev–Trinajstić information content (AvgIpc) is 2.68. The molecule has 1 atom stereocenters. The Morgan fingerprint density at radius 3 is 2.70 bits per heavy atom. The summed E-state index contributed by atoms with van der Waals surface area (Å²) in [7, 11) is 5.28. The summed E-state index contributed by atoms with van der Waals surface area (Å²) in [6.45, 7) is 0.727. The Kier molecular flexibility index (Phi) is 6.01. The number of piperidine rings is 1. The molecule has 1 saturated heterocycles. The third-order valence-corrected chi connectivity index (χ3v) is 4.77. The van der Waals surface area contributed by atoms with Gasteiger partial charge in [0.25, 0.3) is 0 Å². The van der Waals surface area contributed by atoms with Gasteiger partial charge in [0.1, 0.15) is 12.4 Å². The molecule has 2 heterocycles. The number of carbonyl (C=O) groups excluding carboxylic acids is 1. The number of aromatic nitrogens is 2. The zero-order valence-corrected chi connectivity index (χ0v) is 16.0. The monoisotopic (exact) mass is 372 g/mol. The number of hydrogen-bond donors (Lipinski definition) is 0. The van der Waals surface area contributed by atoms with Gasteiger partial charge in [-0.15, -0.1) is 0 Å². The Morgan fingerprint density at radius 1 is 1.30 bits per heavy atom. The van der Waals surface area contributed by atoms with E-state index in [4.69, 9.17) is 9.72 Å². The number of ether oxygens (including phenoxy) is 1. The lowest BCUT2D eigenvalue weighted by Gasteiger charge is -2.36. The van der Waals surface area contributed by atoms with Gasteiger partial charge in [-0.2, -0.15) is 0 Å². The summed E-state index contributed by atoms with van der Waals surface area (Å²) in [5.74, 6) is 0.249. The smallest absolute Gasteiger partial charge is 0.249 e. The minimum absolute atomic E-state index is 0.0442. The highest BCUT2D eigenvalue weighted by Crippen LogP contribution is 2.36. The van der Waals surface area contributed by atoms with E-state index in [2.05, 4.69) is 4.98 Å². The lowest BCUT2D eigenvalue weighted by atomic mass is 9.93. The molecule has 0 bridgehead atoms. The first-order valence-electron chi connectivity index (χ1n) is 9.10. The normalized spacial score (nSPS) is 17.0. The van der Waals surface area contributed by atoms with Crippen LogP contribution in [0.3, 0.4) is 0 Å². The van der Waals surface area contributed by atoms with Crippen molar-refractivity contribution in [2.75, 3.05) is 39.3 Å². The van der Waals surface area contributed by atoms with Crippen molar-refractivity contribution in [2.45, 2.75) is 25.3 Å². The van der Waals surface area contributed by atoms with E-state index in [0.717, 1.165) is 36.1 Å². The van der Waals surface area contributed by atoms with E-state index in [-0.39, 0.29) is 24.4 Å². The van der Waals surface area contributed by atoms with Crippen LogP contribution in [-0.4, -0.2) is 55.1 Å². The minimum atomic E-state index is -0.291. The second-order valence-electron chi connectivity index (χ2n) is 6.90. The number of carbonyl (C=O) groups is 1. The second kappa shape index (κ2) is 8.43. The first-order chi connectivity index (χ1) is 13.0. The van der Waals surface area contributed by atoms with Crippen LogP contribution in [0.2, 0.25) is 0 Å². The van der Waals surface area contributed by atoms with Gasteiger partial charge >= 0.3 is 0 Å². The predicted molar refractivity (Wildman–Crippen MR) is 102 cm³/mol. The number of hydrogen-bond acceptors (Lipinski definition) is 5. The van der Waals surface area contributed by atoms with E-state index in [9.17, 15) is 9.18 Å². The van der Waals surface area contributed by atoms with Crippen LogP contribution in [0.15, 0.2) is 30.5 Å². The van der Waals surface area contributed by atoms with Crippen LogP contribution in [0, 0.1) is 5.82 Å². The fourth-order valence-corrected chi connectivity index (χ4v) is 3.43. The molecular formula is C20H25FN4O2. The quantitative estimate of drug-likeness (QED) is 0.807. The molecule has 0 unspecified atom stereocenters. The summed E-state index contributed by atoms with van der Waals surface area (Å²) < 4.78 is 18.4. The van der Waals surface area contributed by atoms with Gasteiger partial charge in [0, 0.05) is 39.5 Å². The topological polar surface area (TPSA) is 58.6 Å². The summed E-state index contributed by atoms with van der Waals surface area (Å²) in [4.78, 5) is 25.5. The van der Waals surface area contributed by atoms with Crippen molar-refractivity contribution in [1.82, 2.24) is 14.9 Å². The van der Waals surface area contributed by atoms with Crippen molar-refractivity contribution in [1.29, 1.82) is 0 Å². The van der Waals surface area contributed by atoms with Crippen LogP contribution in [0.25, 0.3) is 11.1 Å². The van der Waals surface area contributed by atoms with E-state index in [1.807, 2.05) is 23.9 Å². The third-order valence-electron chi connectivity index (χ3n) is 4.77. The third kappa shape index (κ3) is 4.24. The lowest BCUT2D eigenvalue weighted by Crippen LogP contribution is -2.41.